The lowest BCUT2D eigenvalue weighted by atomic mass is 10.2. The molecule has 0 spiro atoms. The molecule has 2 nitrogen and oxygen atoms in total. The molecule has 0 amide bonds. The van der Waals surface area contributed by atoms with Gasteiger partial charge >= 0.3 is 0 Å². The summed E-state index contributed by atoms with van der Waals surface area (Å²) < 4.78 is 8.53. The summed E-state index contributed by atoms with van der Waals surface area (Å²) in [6.45, 7) is 3.31. The number of benzene rings is 1. The van der Waals surface area contributed by atoms with E-state index >= 15 is 0 Å². The van der Waals surface area contributed by atoms with E-state index in [1.165, 1.54) is 0 Å². The van der Waals surface area contributed by atoms with E-state index in [1.54, 1.807) is 0 Å². The van der Waals surface area contributed by atoms with Gasteiger partial charge in [-0.15, -0.1) is 0 Å². The van der Waals surface area contributed by atoms with Crippen molar-refractivity contribution in [2.45, 2.75) is 6.92 Å². The van der Waals surface area contributed by atoms with Crippen molar-refractivity contribution in [2.75, 3.05) is 13.2 Å². The van der Waals surface area contributed by atoms with Crippen LogP contribution in [-0.4, -0.2) is 13.2 Å². The minimum absolute atomic E-state index is 0.354. The Bertz CT molecular complexity index is 320. The van der Waals surface area contributed by atoms with Crippen molar-refractivity contribution in [2.24, 2.45) is 11.7 Å². The first kappa shape index (κ1) is 13.5. The zero-order valence-electron chi connectivity index (χ0n) is 8.27. The quantitative estimate of drug-likeness (QED) is 0.829. The molecule has 0 heterocycles. The first-order valence-electron chi connectivity index (χ1n) is 4.52. The average Bonchev–Trinajstić information content (AvgIpc) is 2.15. The summed E-state index contributed by atoms with van der Waals surface area (Å²) in [5, 5.41) is 0. The number of nitrogens with two attached hydrogens (primary N) is 1. The van der Waals surface area contributed by atoms with E-state index in [1.807, 2.05) is 12.1 Å². The molecule has 1 rings (SSSR count). The molecule has 5 heteroatoms. The average molecular weight is 402 g/mol. The van der Waals surface area contributed by atoms with E-state index in [-0.39, 0.29) is 0 Å². The molecule has 84 valence electrons. The number of ether oxygens (including phenoxy) is 1. The highest BCUT2D eigenvalue weighted by Gasteiger charge is 2.09. The topological polar surface area (TPSA) is 35.2 Å². The standard InChI is InChI=1S/C10H12Br3NO/c1-6(4-14)5-15-10-8(12)2-7(11)3-9(10)13/h2-3,6H,4-5,14H2,1H3. The van der Waals surface area contributed by atoms with Gasteiger partial charge in [0, 0.05) is 10.4 Å². The molecule has 0 bridgehead atoms. The van der Waals surface area contributed by atoms with Crippen molar-refractivity contribution in [3.63, 3.8) is 0 Å². The smallest absolute Gasteiger partial charge is 0.147 e. The van der Waals surface area contributed by atoms with Gasteiger partial charge < -0.3 is 10.5 Å². The third kappa shape index (κ3) is 4.06. The summed E-state index contributed by atoms with van der Waals surface area (Å²) in [7, 11) is 0. The second kappa shape index (κ2) is 6.23. The number of halogens is 3. The van der Waals surface area contributed by atoms with Crippen LogP contribution < -0.4 is 10.5 Å². The van der Waals surface area contributed by atoms with E-state index in [9.17, 15) is 0 Å². The third-order valence-corrected chi connectivity index (χ3v) is 3.51. The summed E-state index contributed by atoms with van der Waals surface area (Å²) in [6, 6.07) is 3.90. The molecular weight excluding hydrogens is 390 g/mol. The first-order valence-corrected chi connectivity index (χ1v) is 6.90. The molecule has 1 unspecified atom stereocenters. The highest BCUT2D eigenvalue weighted by molar-refractivity contribution is 9.11. The maximum absolute atomic E-state index is 5.68. The summed E-state index contributed by atoms with van der Waals surface area (Å²) in [5.74, 6) is 1.17. The maximum Gasteiger partial charge on any atom is 0.147 e. The molecule has 1 aromatic carbocycles. The van der Waals surface area contributed by atoms with Crippen LogP contribution in [0.1, 0.15) is 6.92 Å². The largest absolute Gasteiger partial charge is 0.491 e. The zero-order chi connectivity index (χ0) is 11.4. The first-order chi connectivity index (χ1) is 7.04. The van der Waals surface area contributed by atoms with Crippen molar-refractivity contribution >= 4 is 47.8 Å². The molecule has 0 aliphatic carbocycles. The van der Waals surface area contributed by atoms with Crippen molar-refractivity contribution in [1.29, 1.82) is 0 Å². The van der Waals surface area contributed by atoms with Crippen LogP contribution in [-0.2, 0) is 0 Å². The lowest BCUT2D eigenvalue weighted by Crippen LogP contribution is -2.18. The fourth-order valence-electron chi connectivity index (χ4n) is 0.960. The molecule has 0 saturated carbocycles. The summed E-state index contributed by atoms with van der Waals surface area (Å²) in [6.07, 6.45) is 0. The molecule has 1 aromatic rings. The van der Waals surface area contributed by atoms with Crippen LogP contribution in [0.3, 0.4) is 0 Å². The normalized spacial score (nSPS) is 12.6. The minimum atomic E-state index is 0.354. The van der Waals surface area contributed by atoms with Crippen LogP contribution in [0.25, 0.3) is 0 Å². The van der Waals surface area contributed by atoms with Gasteiger partial charge in [0.1, 0.15) is 5.75 Å². The predicted octanol–water partition coefficient (Wildman–Crippen LogP) is 3.95. The Morgan fingerprint density at radius 3 is 2.27 bits per heavy atom. The van der Waals surface area contributed by atoms with E-state index in [4.69, 9.17) is 10.5 Å². The lowest BCUT2D eigenvalue weighted by Gasteiger charge is -2.13. The van der Waals surface area contributed by atoms with Gasteiger partial charge in [-0.25, -0.2) is 0 Å². The van der Waals surface area contributed by atoms with Gasteiger partial charge in [0.25, 0.3) is 0 Å². The predicted molar refractivity (Wildman–Crippen MR) is 73.3 cm³/mol. The Morgan fingerprint density at radius 1 is 1.27 bits per heavy atom. The SMILES string of the molecule is CC(CN)COc1c(Br)cc(Br)cc1Br. The Hall–Kier alpha value is 0.420. The second-order valence-electron chi connectivity index (χ2n) is 3.35. The molecule has 0 radical (unpaired) electrons. The van der Waals surface area contributed by atoms with Crippen LogP contribution in [0.15, 0.2) is 25.6 Å². The molecule has 15 heavy (non-hydrogen) atoms. The van der Waals surface area contributed by atoms with Crippen LogP contribution in [0, 0.1) is 5.92 Å². The molecule has 0 aromatic heterocycles. The Morgan fingerprint density at radius 2 is 1.80 bits per heavy atom. The highest BCUT2D eigenvalue weighted by Crippen LogP contribution is 2.36. The molecule has 0 aliphatic rings. The van der Waals surface area contributed by atoms with Gasteiger partial charge in [0.2, 0.25) is 0 Å². The molecular formula is C10H12Br3NO. The maximum atomic E-state index is 5.68. The molecule has 0 fully saturated rings. The monoisotopic (exact) mass is 399 g/mol. The van der Waals surface area contributed by atoms with E-state index in [0.29, 0.717) is 19.1 Å². The van der Waals surface area contributed by atoms with E-state index in [0.717, 1.165) is 19.2 Å². The lowest BCUT2D eigenvalue weighted by molar-refractivity contribution is 0.261. The number of hydrogen-bond donors (Lipinski definition) is 1. The van der Waals surface area contributed by atoms with Gasteiger partial charge in [0.05, 0.1) is 15.6 Å². The van der Waals surface area contributed by atoms with Gasteiger partial charge in [0.15, 0.2) is 0 Å². The zero-order valence-corrected chi connectivity index (χ0v) is 13.0. The van der Waals surface area contributed by atoms with Crippen molar-refractivity contribution < 1.29 is 4.74 Å². The van der Waals surface area contributed by atoms with Crippen molar-refractivity contribution in [3.05, 3.63) is 25.6 Å². The van der Waals surface area contributed by atoms with Crippen LogP contribution >= 0.6 is 47.8 Å². The third-order valence-electron chi connectivity index (χ3n) is 1.88. The van der Waals surface area contributed by atoms with Gasteiger partial charge in [-0.3, -0.25) is 0 Å². The Labute approximate surface area is 115 Å². The second-order valence-corrected chi connectivity index (χ2v) is 5.97. The Kier molecular flexibility index (Phi) is 5.60. The highest BCUT2D eigenvalue weighted by atomic mass is 79.9. The van der Waals surface area contributed by atoms with Gasteiger partial charge in [-0.1, -0.05) is 22.9 Å². The summed E-state index contributed by atoms with van der Waals surface area (Å²) in [4.78, 5) is 0. The Balaban J connectivity index is 2.77. The fraction of sp³-hybridized carbons (Fsp3) is 0.400. The van der Waals surface area contributed by atoms with Crippen LogP contribution in [0.5, 0.6) is 5.75 Å². The van der Waals surface area contributed by atoms with Gasteiger partial charge in [-0.2, -0.15) is 0 Å². The van der Waals surface area contributed by atoms with E-state index in [2.05, 4.69) is 54.7 Å². The van der Waals surface area contributed by atoms with Crippen LogP contribution in [0.2, 0.25) is 0 Å². The van der Waals surface area contributed by atoms with E-state index < -0.39 is 0 Å². The summed E-state index contributed by atoms with van der Waals surface area (Å²) in [5.41, 5.74) is 5.53. The number of rotatable bonds is 4. The van der Waals surface area contributed by atoms with Gasteiger partial charge in [-0.05, 0) is 50.5 Å². The fourth-order valence-corrected chi connectivity index (χ4v) is 3.45. The molecule has 1 atom stereocenters. The number of hydrogen-bond acceptors (Lipinski definition) is 2. The minimum Gasteiger partial charge on any atom is -0.491 e. The molecule has 0 aliphatic heterocycles. The van der Waals surface area contributed by atoms with Crippen LogP contribution in [0.4, 0.5) is 0 Å². The van der Waals surface area contributed by atoms with Crippen molar-refractivity contribution in [3.8, 4) is 5.75 Å². The summed E-state index contributed by atoms with van der Waals surface area (Å²) >= 11 is 10.3. The van der Waals surface area contributed by atoms with Crippen molar-refractivity contribution in [1.82, 2.24) is 0 Å². The molecule has 2 N–H and O–H groups in total. The molecule has 0 saturated heterocycles.